The van der Waals surface area contributed by atoms with Crippen molar-refractivity contribution in [2.24, 2.45) is 0 Å². The normalized spacial score (nSPS) is 12.0. The number of amides is 2. The average Bonchev–Trinajstić information content (AvgIpc) is 3.33. The van der Waals surface area contributed by atoms with Crippen molar-refractivity contribution in [3.63, 3.8) is 0 Å². The van der Waals surface area contributed by atoms with Gasteiger partial charge in [0.1, 0.15) is 17.2 Å². The summed E-state index contributed by atoms with van der Waals surface area (Å²) in [6.45, 7) is 5.26. The van der Waals surface area contributed by atoms with E-state index in [1.807, 2.05) is 6.92 Å². The fraction of sp³-hybridized carbons (Fsp3) is 0.148. The highest BCUT2D eigenvalue weighted by Crippen LogP contribution is 2.23. The summed E-state index contributed by atoms with van der Waals surface area (Å²) < 4.78 is 11.8. The van der Waals surface area contributed by atoms with Crippen molar-refractivity contribution in [3.8, 4) is 0 Å². The standard InChI is InChI=1S/C27H22N4O6/c1-14-10-24(32)36-22-12-17(4-6-19(14)22)28-26(34)16(3)31-9-8-21(30-31)27(35)29-18-5-7-20-15(2)11-25(33)37-23(20)13-18/h4-13,16H,1-3H3,(H,28,34)(H,29,35)/t16-/m1/s1. The third kappa shape index (κ3) is 4.76. The van der Waals surface area contributed by atoms with Crippen LogP contribution in [0, 0.1) is 13.8 Å². The zero-order valence-electron chi connectivity index (χ0n) is 20.2. The Balaban J connectivity index is 1.29. The lowest BCUT2D eigenvalue weighted by molar-refractivity contribution is -0.119. The molecule has 37 heavy (non-hydrogen) atoms. The molecule has 3 heterocycles. The smallest absolute Gasteiger partial charge is 0.336 e. The molecule has 2 aromatic carbocycles. The molecule has 0 saturated heterocycles. The van der Waals surface area contributed by atoms with Crippen LogP contribution in [0.1, 0.15) is 34.6 Å². The van der Waals surface area contributed by atoms with Gasteiger partial charge in [-0.05, 0) is 62.2 Å². The number of rotatable bonds is 5. The fourth-order valence-corrected chi connectivity index (χ4v) is 4.04. The van der Waals surface area contributed by atoms with Crippen molar-refractivity contribution in [2.75, 3.05) is 10.6 Å². The first-order chi connectivity index (χ1) is 17.7. The lowest BCUT2D eigenvalue weighted by atomic mass is 10.1. The number of anilines is 2. The summed E-state index contributed by atoms with van der Waals surface area (Å²) in [5.41, 5.74) is 2.36. The van der Waals surface area contributed by atoms with Crippen LogP contribution < -0.4 is 21.9 Å². The van der Waals surface area contributed by atoms with Crippen LogP contribution in [-0.4, -0.2) is 21.6 Å². The highest BCUT2D eigenvalue weighted by Gasteiger charge is 2.19. The molecule has 3 aromatic heterocycles. The monoisotopic (exact) mass is 498 g/mol. The maximum absolute atomic E-state index is 12.8. The molecule has 0 spiro atoms. The Morgan fingerprint density at radius 3 is 1.92 bits per heavy atom. The van der Waals surface area contributed by atoms with Gasteiger partial charge < -0.3 is 19.5 Å². The maximum atomic E-state index is 12.8. The van der Waals surface area contributed by atoms with Gasteiger partial charge in [-0.3, -0.25) is 14.3 Å². The number of nitrogens with zero attached hydrogens (tertiary/aromatic N) is 2. The minimum absolute atomic E-state index is 0.105. The third-order valence-corrected chi connectivity index (χ3v) is 6.05. The first-order valence-corrected chi connectivity index (χ1v) is 11.4. The molecule has 2 N–H and O–H groups in total. The van der Waals surface area contributed by atoms with E-state index in [9.17, 15) is 19.2 Å². The van der Waals surface area contributed by atoms with E-state index in [1.54, 1.807) is 50.2 Å². The molecule has 0 unspecified atom stereocenters. The van der Waals surface area contributed by atoms with Crippen LogP contribution in [0.3, 0.4) is 0 Å². The van der Waals surface area contributed by atoms with Gasteiger partial charge in [0.15, 0.2) is 5.69 Å². The maximum Gasteiger partial charge on any atom is 0.336 e. The first-order valence-electron chi connectivity index (χ1n) is 11.4. The van der Waals surface area contributed by atoms with Crippen molar-refractivity contribution >= 4 is 45.1 Å². The quantitative estimate of drug-likeness (QED) is 0.347. The predicted octanol–water partition coefficient (Wildman–Crippen LogP) is 4.16. The van der Waals surface area contributed by atoms with Crippen molar-refractivity contribution in [2.45, 2.75) is 26.8 Å². The number of fused-ring (bicyclic) bond motifs is 2. The molecule has 10 heteroatoms. The van der Waals surface area contributed by atoms with Gasteiger partial charge >= 0.3 is 11.3 Å². The third-order valence-electron chi connectivity index (χ3n) is 6.05. The van der Waals surface area contributed by atoms with E-state index < -0.39 is 23.2 Å². The minimum Gasteiger partial charge on any atom is -0.423 e. The van der Waals surface area contributed by atoms with Gasteiger partial charge in [-0.25, -0.2) is 9.59 Å². The molecule has 0 aliphatic rings. The number of carbonyl (C=O) groups excluding carboxylic acids is 2. The van der Waals surface area contributed by atoms with Crippen LogP contribution in [0.5, 0.6) is 0 Å². The second kappa shape index (κ2) is 9.23. The summed E-state index contributed by atoms with van der Waals surface area (Å²) in [6.07, 6.45) is 1.53. The Bertz CT molecular complexity index is 1810. The Hall–Kier alpha value is -4.99. The molecule has 0 bridgehead atoms. The van der Waals surface area contributed by atoms with Crippen LogP contribution in [0.4, 0.5) is 11.4 Å². The second-order valence-corrected chi connectivity index (χ2v) is 8.72. The number of nitrogens with one attached hydrogen (secondary N) is 2. The topological polar surface area (TPSA) is 136 Å². The molecule has 186 valence electrons. The number of aromatic nitrogens is 2. The zero-order chi connectivity index (χ0) is 26.3. The van der Waals surface area contributed by atoms with E-state index in [0.717, 1.165) is 21.9 Å². The van der Waals surface area contributed by atoms with Gasteiger partial charge in [0.2, 0.25) is 5.91 Å². The van der Waals surface area contributed by atoms with Crippen molar-refractivity contribution in [3.05, 3.63) is 98.5 Å². The minimum atomic E-state index is -0.736. The van der Waals surface area contributed by atoms with Crippen LogP contribution in [-0.2, 0) is 4.79 Å². The Morgan fingerprint density at radius 2 is 1.35 bits per heavy atom. The molecule has 5 aromatic rings. The van der Waals surface area contributed by atoms with E-state index in [-0.39, 0.29) is 11.6 Å². The molecular weight excluding hydrogens is 476 g/mol. The number of carbonyl (C=O) groups is 2. The van der Waals surface area contributed by atoms with Crippen molar-refractivity contribution < 1.29 is 18.4 Å². The Kier molecular flexibility index (Phi) is 5.92. The van der Waals surface area contributed by atoms with Crippen molar-refractivity contribution in [1.29, 1.82) is 0 Å². The van der Waals surface area contributed by atoms with E-state index in [2.05, 4.69) is 15.7 Å². The van der Waals surface area contributed by atoms with Gasteiger partial charge in [-0.2, -0.15) is 5.10 Å². The molecule has 0 aliphatic carbocycles. The van der Waals surface area contributed by atoms with E-state index in [0.29, 0.717) is 22.5 Å². The van der Waals surface area contributed by atoms with Gasteiger partial charge in [-0.1, -0.05) is 0 Å². The molecule has 0 fully saturated rings. The number of hydrogen-bond acceptors (Lipinski definition) is 7. The fourth-order valence-electron chi connectivity index (χ4n) is 4.04. The summed E-state index contributed by atoms with van der Waals surface area (Å²) in [7, 11) is 0. The van der Waals surface area contributed by atoms with E-state index in [1.165, 1.54) is 29.1 Å². The second-order valence-electron chi connectivity index (χ2n) is 8.72. The molecule has 0 aliphatic heterocycles. The predicted molar refractivity (Wildman–Crippen MR) is 138 cm³/mol. The molecule has 0 radical (unpaired) electrons. The van der Waals surface area contributed by atoms with Crippen LogP contribution >= 0.6 is 0 Å². The highest BCUT2D eigenvalue weighted by molar-refractivity contribution is 6.03. The Labute approximate surface area is 209 Å². The lowest BCUT2D eigenvalue weighted by Crippen LogP contribution is -2.24. The number of hydrogen-bond donors (Lipinski definition) is 2. The van der Waals surface area contributed by atoms with Gasteiger partial charge in [0.05, 0.1) is 0 Å². The molecular formula is C27H22N4O6. The van der Waals surface area contributed by atoms with E-state index in [4.69, 9.17) is 8.83 Å². The van der Waals surface area contributed by atoms with Gasteiger partial charge in [0.25, 0.3) is 5.91 Å². The Morgan fingerprint density at radius 1 is 0.811 bits per heavy atom. The number of aryl methyl sites for hydroxylation is 2. The largest absolute Gasteiger partial charge is 0.423 e. The summed E-state index contributed by atoms with van der Waals surface area (Å²) in [4.78, 5) is 48.9. The van der Waals surface area contributed by atoms with E-state index >= 15 is 0 Å². The molecule has 5 rings (SSSR count). The molecule has 2 amide bonds. The zero-order valence-corrected chi connectivity index (χ0v) is 20.2. The van der Waals surface area contributed by atoms with Crippen LogP contribution in [0.25, 0.3) is 21.9 Å². The van der Waals surface area contributed by atoms with Crippen molar-refractivity contribution in [1.82, 2.24) is 9.78 Å². The summed E-state index contributed by atoms with van der Waals surface area (Å²) in [5.74, 6) is -0.857. The molecule has 10 nitrogen and oxygen atoms in total. The summed E-state index contributed by atoms with van der Waals surface area (Å²) in [5, 5.41) is 11.3. The van der Waals surface area contributed by atoms with Gasteiger partial charge in [0, 0.05) is 52.6 Å². The highest BCUT2D eigenvalue weighted by atomic mass is 16.4. The number of benzene rings is 2. The molecule has 1 atom stereocenters. The average molecular weight is 498 g/mol. The van der Waals surface area contributed by atoms with Crippen LogP contribution in [0.2, 0.25) is 0 Å². The lowest BCUT2D eigenvalue weighted by Gasteiger charge is -2.13. The summed E-state index contributed by atoms with van der Waals surface area (Å²) >= 11 is 0. The SMILES string of the molecule is Cc1cc(=O)oc2cc(NC(=O)c3ccn([C@H](C)C(=O)Nc4ccc5c(C)cc(=O)oc5c4)n3)ccc12. The van der Waals surface area contributed by atoms with Gasteiger partial charge in [-0.15, -0.1) is 0 Å². The van der Waals surface area contributed by atoms with Crippen LogP contribution in [0.15, 0.2) is 79.2 Å². The summed E-state index contributed by atoms with van der Waals surface area (Å²) in [6, 6.07) is 13.7. The first kappa shape index (κ1) is 23.7. The molecule has 0 saturated carbocycles.